The van der Waals surface area contributed by atoms with E-state index in [4.69, 9.17) is 5.73 Å². The van der Waals surface area contributed by atoms with Crippen LogP contribution in [-0.2, 0) is 27.0 Å². The number of ketones is 2. The SMILES string of the molecule is CN(C)[C@@H]1C(O)=C(C(N)=O)C(=O)C2C(=O)C3=C(O)c4c(O)ccc(/C=C/c5ccc(C(F)(F)F)cc5)c4C[C@H]3C[C@H]21. The van der Waals surface area contributed by atoms with Crippen LogP contribution in [0.3, 0.4) is 0 Å². The minimum absolute atomic E-state index is 0.0264. The van der Waals surface area contributed by atoms with Crippen molar-refractivity contribution in [3.8, 4) is 5.75 Å². The van der Waals surface area contributed by atoms with E-state index >= 15 is 0 Å². The Morgan fingerprint density at radius 2 is 1.66 bits per heavy atom. The molecule has 0 spiro atoms. The summed E-state index contributed by atoms with van der Waals surface area (Å²) in [5.74, 6) is -6.63. The molecule has 0 aliphatic heterocycles. The lowest BCUT2D eigenvalue weighted by molar-refractivity contribution is -0.138. The third-order valence-corrected chi connectivity index (χ3v) is 8.18. The Balaban J connectivity index is 1.56. The maximum absolute atomic E-state index is 13.8. The fourth-order valence-electron chi connectivity index (χ4n) is 6.42. The van der Waals surface area contributed by atoms with Crippen molar-refractivity contribution >= 4 is 35.4 Å². The predicted octanol–water partition coefficient (Wildman–Crippen LogP) is 4.04. The van der Waals surface area contributed by atoms with Crippen LogP contribution in [0.15, 0.2) is 53.3 Å². The largest absolute Gasteiger partial charge is 0.510 e. The van der Waals surface area contributed by atoms with E-state index in [0.29, 0.717) is 16.7 Å². The van der Waals surface area contributed by atoms with Crippen LogP contribution in [0.1, 0.15) is 34.2 Å². The molecule has 0 saturated heterocycles. The number of hydrogen-bond acceptors (Lipinski definition) is 7. The summed E-state index contributed by atoms with van der Waals surface area (Å²) in [5, 5.41) is 32.8. The molecule has 0 heterocycles. The van der Waals surface area contributed by atoms with Crippen molar-refractivity contribution in [1.29, 1.82) is 0 Å². The molecule has 1 amide bonds. The van der Waals surface area contributed by atoms with Gasteiger partial charge in [0.05, 0.1) is 23.1 Å². The first kappa shape index (κ1) is 28.2. The minimum Gasteiger partial charge on any atom is -0.510 e. The molecular formula is C30H27F3N2O6. The van der Waals surface area contributed by atoms with Crippen molar-refractivity contribution in [2.45, 2.75) is 25.1 Å². The summed E-state index contributed by atoms with van der Waals surface area (Å²) in [6.07, 6.45) is -0.809. The first-order chi connectivity index (χ1) is 19.2. The van der Waals surface area contributed by atoms with Crippen molar-refractivity contribution in [3.05, 3.63) is 81.1 Å². The number of allylic oxidation sites excluding steroid dienone is 1. The molecule has 0 radical (unpaired) electrons. The molecule has 4 atom stereocenters. The van der Waals surface area contributed by atoms with Crippen LogP contribution < -0.4 is 5.73 Å². The molecule has 41 heavy (non-hydrogen) atoms. The lowest BCUT2D eigenvalue weighted by Gasteiger charge is -2.46. The van der Waals surface area contributed by atoms with Crippen LogP contribution >= 0.6 is 0 Å². The van der Waals surface area contributed by atoms with Crippen molar-refractivity contribution in [2.24, 2.45) is 23.5 Å². The Morgan fingerprint density at radius 3 is 2.24 bits per heavy atom. The van der Waals surface area contributed by atoms with Crippen LogP contribution in [0.4, 0.5) is 13.2 Å². The number of aliphatic hydroxyl groups is 2. The van der Waals surface area contributed by atoms with E-state index in [2.05, 4.69) is 0 Å². The zero-order chi connectivity index (χ0) is 30.0. The van der Waals surface area contributed by atoms with E-state index < -0.39 is 70.1 Å². The Morgan fingerprint density at radius 1 is 1.00 bits per heavy atom. The van der Waals surface area contributed by atoms with Gasteiger partial charge in [-0.2, -0.15) is 13.2 Å². The number of nitrogens with zero attached hydrogens (tertiary/aromatic N) is 1. The minimum atomic E-state index is -4.46. The van der Waals surface area contributed by atoms with Gasteiger partial charge in [-0.05, 0) is 73.7 Å². The first-order valence-electron chi connectivity index (χ1n) is 12.8. The Bertz CT molecular complexity index is 1570. The lowest BCUT2D eigenvalue weighted by atomic mass is 9.59. The predicted molar refractivity (Wildman–Crippen MR) is 143 cm³/mol. The molecule has 1 saturated carbocycles. The number of aromatic hydroxyl groups is 1. The van der Waals surface area contributed by atoms with Gasteiger partial charge in [0.2, 0.25) is 0 Å². The molecule has 3 aliphatic rings. The highest BCUT2D eigenvalue weighted by Gasteiger charge is 2.55. The molecule has 1 unspecified atom stereocenters. The molecule has 1 fully saturated rings. The van der Waals surface area contributed by atoms with Crippen LogP contribution in [-0.4, -0.2) is 57.8 Å². The fourth-order valence-corrected chi connectivity index (χ4v) is 6.42. The highest BCUT2D eigenvalue weighted by Crippen LogP contribution is 2.50. The molecule has 8 nitrogen and oxygen atoms in total. The second-order valence-corrected chi connectivity index (χ2v) is 10.8. The van der Waals surface area contributed by atoms with Gasteiger partial charge in [-0.1, -0.05) is 30.4 Å². The number of carbonyl (C=O) groups is 3. The Hall–Kier alpha value is -4.38. The Labute approximate surface area is 232 Å². The van der Waals surface area contributed by atoms with Crippen molar-refractivity contribution < 1.29 is 42.9 Å². The summed E-state index contributed by atoms with van der Waals surface area (Å²) in [6, 6.07) is 6.66. The summed E-state index contributed by atoms with van der Waals surface area (Å²) in [4.78, 5) is 40.7. The second-order valence-electron chi connectivity index (χ2n) is 10.8. The third-order valence-electron chi connectivity index (χ3n) is 8.18. The number of fused-ring (bicyclic) bond motifs is 3. The van der Waals surface area contributed by atoms with Crippen LogP contribution in [0.5, 0.6) is 5.75 Å². The number of Topliss-reactive ketones (excluding diaryl/α,β-unsaturated/α-hetero) is 2. The standard InChI is InChI=1S/C30H27F3N2O6/c1-35(2)24-18-12-15-11-17-14(6-3-13-4-8-16(9-5-13)30(31,32)33)7-10-19(36)21(17)25(37)20(15)26(38)22(18)27(39)23(28(24)40)29(34)41/h3-10,15,18,22,24,36-37,40H,11-12H2,1-2H3,(H2,34,41)/b6-3+/t15-,18+,22?,24-/m0/s1. The number of likely N-dealkylation sites (N-methyl/N-ethyl adjacent to an activating group) is 1. The number of phenols is 1. The number of hydrogen-bond donors (Lipinski definition) is 4. The van der Waals surface area contributed by atoms with E-state index in [1.165, 1.54) is 18.2 Å². The van der Waals surface area contributed by atoms with Gasteiger partial charge in [0.25, 0.3) is 5.91 Å². The number of primary amides is 1. The second kappa shape index (κ2) is 9.91. The number of carbonyl (C=O) groups excluding carboxylic acids is 3. The van der Waals surface area contributed by atoms with Gasteiger partial charge in [0.15, 0.2) is 11.6 Å². The monoisotopic (exact) mass is 568 g/mol. The fraction of sp³-hybridized carbons (Fsp3) is 0.300. The van der Waals surface area contributed by atoms with Gasteiger partial charge in [-0.15, -0.1) is 0 Å². The average molecular weight is 569 g/mol. The zero-order valence-electron chi connectivity index (χ0n) is 22.1. The van der Waals surface area contributed by atoms with Crippen molar-refractivity contribution in [1.82, 2.24) is 4.90 Å². The van der Waals surface area contributed by atoms with Gasteiger partial charge in [0, 0.05) is 5.57 Å². The van der Waals surface area contributed by atoms with E-state index in [1.807, 2.05) is 0 Å². The molecule has 2 aromatic carbocycles. The maximum atomic E-state index is 13.8. The highest BCUT2D eigenvalue weighted by atomic mass is 19.4. The van der Waals surface area contributed by atoms with Gasteiger partial charge < -0.3 is 21.1 Å². The summed E-state index contributed by atoms with van der Waals surface area (Å²) in [5.41, 5.74) is 5.54. The van der Waals surface area contributed by atoms with Crippen molar-refractivity contribution in [3.63, 3.8) is 0 Å². The number of halogens is 3. The third kappa shape index (κ3) is 4.59. The Kier molecular flexibility index (Phi) is 6.81. The average Bonchev–Trinajstić information content (AvgIpc) is 2.87. The van der Waals surface area contributed by atoms with Gasteiger partial charge in [-0.25, -0.2) is 0 Å². The molecule has 11 heteroatoms. The summed E-state index contributed by atoms with van der Waals surface area (Å²) >= 11 is 0. The molecule has 0 bridgehead atoms. The normalized spacial score (nSPS) is 24.5. The number of rotatable bonds is 4. The summed E-state index contributed by atoms with van der Waals surface area (Å²) < 4.78 is 38.7. The number of aliphatic hydroxyl groups excluding tert-OH is 2. The molecule has 5 N–H and O–H groups in total. The molecular weight excluding hydrogens is 541 g/mol. The van der Waals surface area contributed by atoms with Gasteiger partial charge in [0.1, 0.15) is 22.8 Å². The lowest BCUT2D eigenvalue weighted by Crippen LogP contribution is -2.55. The summed E-state index contributed by atoms with van der Waals surface area (Å²) in [7, 11) is 3.27. The molecule has 5 rings (SSSR count). The van der Waals surface area contributed by atoms with E-state index in [1.54, 1.807) is 37.2 Å². The smallest absolute Gasteiger partial charge is 0.416 e. The maximum Gasteiger partial charge on any atom is 0.416 e. The first-order valence-corrected chi connectivity index (χ1v) is 12.8. The molecule has 2 aromatic rings. The molecule has 0 aromatic heterocycles. The van der Waals surface area contributed by atoms with Crippen LogP contribution in [0, 0.1) is 17.8 Å². The number of nitrogens with two attached hydrogens (primary N) is 1. The number of alkyl halides is 3. The number of benzene rings is 2. The topological polar surface area (TPSA) is 141 Å². The summed E-state index contributed by atoms with van der Waals surface area (Å²) in [6.45, 7) is 0. The number of amides is 1. The van der Waals surface area contributed by atoms with E-state index in [-0.39, 0.29) is 29.7 Å². The number of phenolic OH excluding ortho intramolecular Hbond substituents is 1. The van der Waals surface area contributed by atoms with Crippen molar-refractivity contribution in [2.75, 3.05) is 14.1 Å². The van der Waals surface area contributed by atoms with Crippen LogP contribution in [0.25, 0.3) is 17.9 Å². The van der Waals surface area contributed by atoms with Gasteiger partial charge >= 0.3 is 6.18 Å². The van der Waals surface area contributed by atoms with Crippen LogP contribution in [0.2, 0.25) is 0 Å². The van der Waals surface area contributed by atoms with Gasteiger partial charge in [-0.3, -0.25) is 19.3 Å². The zero-order valence-corrected chi connectivity index (χ0v) is 22.1. The quantitative estimate of drug-likeness (QED) is 0.248. The molecule has 3 aliphatic carbocycles. The van der Waals surface area contributed by atoms with E-state index in [0.717, 1.165) is 12.1 Å². The van der Waals surface area contributed by atoms with E-state index in [9.17, 15) is 42.9 Å². The molecule has 214 valence electrons. The highest BCUT2D eigenvalue weighted by molar-refractivity contribution is 6.28.